The number of guanidine groups is 1. The second kappa shape index (κ2) is 13.8. The molecule has 1 aliphatic rings. The molecule has 30 heavy (non-hydrogen) atoms. The van der Waals surface area contributed by atoms with Crippen molar-refractivity contribution in [1.82, 2.24) is 15.6 Å². The Kier molecular flexibility index (Phi) is 11.0. The number of nitrogens with zero attached hydrogens (tertiary/aromatic N) is 3. The van der Waals surface area contributed by atoms with Gasteiger partial charge in [-0.3, -0.25) is 4.79 Å². The number of ether oxygens (including phenoxy) is 2. The number of pyridine rings is 1. The summed E-state index contributed by atoms with van der Waals surface area (Å²) in [6, 6.07) is 3.99. The van der Waals surface area contributed by atoms with Gasteiger partial charge in [0.15, 0.2) is 5.96 Å². The first-order valence-electron chi connectivity index (χ1n) is 10.7. The van der Waals surface area contributed by atoms with Crippen LogP contribution in [0.25, 0.3) is 0 Å². The SMILES string of the molecule is CCNC(=NCc1cccnc1N1CCC(C(N)=O)CC1)NCCCOCCOC. The summed E-state index contributed by atoms with van der Waals surface area (Å²) in [6.07, 6.45) is 4.23. The zero-order chi connectivity index (χ0) is 21.6. The first-order chi connectivity index (χ1) is 14.7. The van der Waals surface area contributed by atoms with E-state index < -0.39 is 0 Å². The molecular weight excluding hydrogens is 384 g/mol. The van der Waals surface area contributed by atoms with Crippen LogP contribution in [0.3, 0.4) is 0 Å². The summed E-state index contributed by atoms with van der Waals surface area (Å²) in [4.78, 5) is 22.9. The number of nitrogens with one attached hydrogen (secondary N) is 2. The zero-order valence-corrected chi connectivity index (χ0v) is 18.2. The summed E-state index contributed by atoms with van der Waals surface area (Å²) in [6.45, 7) is 7.61. The number of amides is 1. The van der Waals surface area contributed by atoms with Crippen molar-refractivity contribution in [2.24, 2.45) is 16.6 Å². The van der Waals surface area contributed by atoms with Gasteiger partial charge in [0.25, 0.3) is 0 Å². The molecule has 2 rings (SSSR count). The number of nitrogens with two attached hydrogens (primary N) is 1. The minimum absolute atomic E-state index is 0.0329. The first kappa shape index (κ1) is 23.9. The van der Waals surface area contributed by atoms with Gasteiger partial charge < -0.3 is 30.7 Å². The van der Waals surface area contributed by atoms with Crippen LogP contribution < -0.4 is 21.3 Å². The molecule has 0 unspecified atom stereocenters. The Morgan fingerprint density at radius 2 is 2.10 bits per heavy atom. The van der Waals surface area contributed by atoms with E-state index in [-0.39, 0.29) is 11.8 Å². The molecule has 1 aromatic heterocycles. The van der Waals surface area contributed by atoms with Gasteiger partial charge in [-0.05, 0) is 32.3 Å². The van der Waals surface area contributed by atoms with Gasteiger partial charge in [0.1, 0.15) is 5.82 Å². The monoisotopic (exact) mass is 420 g/mol. The predicted octanol–water partition coefficient (Wildman–Crippen LogP) is 0.892. The van der Waals surface area contributed by atoms with Crippen molar-refractivity contribution in [2.75, 3.05) is 58.0 Å². The van der Waals surface area contributed by atoms with Gasteiger partial charge in [-0.25, -0.2) is 9.98 Å². The third-order valence-electron chi connectivity index (χ3n) is 5.01. The van der Waals surface area contributed by atoms with Crippen molar-refractivity contribution in [3.8, 4) is 0 Å². The summed E-state index contributed by atoms with van der Waals surface area (Å²) in [5, 5.41) is 6.62. The molecule has 0 aliphatic carbocycles. The predicted molar refractivity (Wildman–Crippen MR) is 118 cm³/mol. The van der Waals surface area contributed by atoms with Crippen molar-refractivity contribution in [3.05, 3.63) is 23.9 Å². The fraction of sp³-hybridized carbons (Fsp3) is 0.667. The van der Waals surface area contributed by atoms with E-state index in [1.54, 1.807) is 13.3 Å². The third-order valence-corrected chi connectivity index (χ3v) is 5.01. The maximum absolute atomic E-state index is 11.4. The molecule has 1 fully saturated rings. The Hall–Kier alpha value is -2.39. The normalized spacial score (nSPS) is 15.3. The number of piperidine rings is 1. The molecule has 0 atom stereocenters. The molecule has 1 aliphatic heterocycles. The first-order valence-corrected chi connectivity index (χ1v) is 10.7. The van der Waals surface area contributed by atoms with E-state index in [1.807, 2.05) is 13.0 Å². The number of anilines is 1. The third kappa shape index (κ3) is 8.16. The van der Waals surface area contributed by atoms with Gasteiger partial charge >= 0.3 is 0 Å². The van der Waals surface area contributed by atoms with E-state index >= 15 is 0 Å². The highest BCUT2D eigenvalue weighted by molar-refractivity contribution is 5.79. The lowest BCUT2D eigenvalue weighted by Gasteiger charge is -2.32. The number of methoxy groups -OCH3 is 1. The van der Waals surface area contributed by atoms with Gasteiger partial charge in [0.05, 0.1) is 19.8 Å². The highest BCUT2D eigenvalue weighted by atomic mass is 16.5. The maximum atomic E-state index is 11.4. The molecule has 2 heterocycles. The molecule has 1 amide bonds. The van der Waals surface area contributed by atoms with Crippen LogP contribution in [0.5, 0.6) is 0 Å². The molecule has 0 spiro atoms. The van der Waals surface area contributed by atoms with Crippen LogP contribution in [0, 0.1) is 5.92 Å². The summed E-state index contributed by atoms with van der Waals surface area (Å²) >= 11 is 0. The Morgan fingerprint density at radius 1 is 1.30 bits per heavy atom. The molecule has 0 aromatic carbocycles. The topological polar surface area (TPSA) is 114 Å². The lowest BCUT2D eigenvalue weighted by atomic mass is 9.96. The average Bonchev–Trinajstić information content (AvgIpc) is 2.77. The fourth-order valence-corrected chi connectivity index (χ4v) is 3.35. The van der Waals surface area contributed by atoms with E-state index in [2.05, 4.69) is 26.6 Å². The molecule has 168 valence electrons. The Balaban J connectivity index is 1.88. The quantitative estimate of drug-likeness (QED) is 0.261. The van der Waals surface area contributed by atoms with Crippen molar-refractivity contribution >= 4 is 17.7 Å². The smallest absolute Gasteiger partial charge is 0.220 e. The molecule has 1 aromatic rings. The van der Waals surface area contributed by atoms with Crippen molar-refractivity contribution in [2.45, 2.75) is 32.7 Å². The van der Waals surface area contributed by atoms with E-state index in [0.29, 0.717) is 26.4 Å². The van der Waals surface area contributed by atoms with Crippen molar-refractivity contribution < 1.29 is 14.3 Å². The van der Waals surface area contributed by atoms with Crippen LogP contribution in [0.2, 0.25) is 0 Å². The molecule has 4 N–H and O–H groups in total. The summed E-state index contributed by atoms with van der Waals surface area (Å²) < 4.78 is 10.4. The van der Waals surface area contributed by atoms with E-state index in [9.17, 15) is 4.79 Å². The number of primary amides is 1. The molecule has 1 saturated heterocycles. The minimum Gasteiger partial charge on any atom is -0.382 e. The van der Waals surface area contributed by atoms with Gasteiger partial charge in [-0.1, -0.05) is 6.07 Å². The molecule has 0 radical (unpaired) electrons. The number of hydrogen-bond acceptors (Lipinski definition) is 6. The van der Waals surface area contributed by atoms with E-state index in [4.69, 9.17) is 20.2 Å². The van der Waals surface area contributed by atoms with E-state index in [1.165, 1.54) is 0 Å². The second-order valence-corrected chi connectivity index (χ2v) is 7.23. The summed E-state index contributed by atoms with van der Waals surface area (Å²) in [5.41, 5.74) is 6.52. The van der Waals surface area contributed by atoms with Gasteiger partial charge in [-0.2, -0.15) is 0 Å². The number of carbonyl (C=O) groups excluding carboxylic acids is 1. The van der Waals surface area contributed by atoms with Crippen LogP contribution in [0.4, 0.5) is 5.82 Å². The number of rotatable bonds is 12. The largest absolute Gasteiger partial charge is 0.382 e. The lowest BCUT2D eigenvalue weighted by molar-refractivity contribution is -0.122. The lowest BCUT2D eigenvalue weighted by Crippen LogP contribution is -2.39. The Morgan fingerprint density at radius 3 is 2.80 bits per heavy atom. The number of hydrogen-bond donors (Lipinski definition) is 3. The maximum Gasteiger partial charge on any atom is 0.220 e. The van der Waals surface area contributed by atoms with Crippen LogP contribution >= 0.6 is 0 Å². The van der Waals surface area contributed by atoms with Crippen LogP contribution in [0.15, 0.2) is 23.3 Å². The standard InChI is InChI=1S/C21H36N6O3/c1-3-23-21(25-10-5-13-30-15-14-29-2)26-16-18-6-4-9-24-20(18)27-11-7-17(8-12-27)19(22)28/h4,6,9,17H,3,5,7-8,10-16H2,1-2H3,(H2,22,28)(H2,23,25,26). The Labute approximate surface area is 179 Å². The van der Waals surface area contributed by atoms with Crippen LogP contribution in [-0.4, -0.2) is 70.0 Å². The number of aromatic nitrogens is 1. The average molecular weight is 421 g/mol. The van der Waals surface area contributed by atoms with Crippen molar-refractivity contribution in [3.63, 3.8) is 0 Å². The summed E-state index contributed by atoms with van der Waals surface area (Å²) in [7, 11) is 1.67. The fourth-order valence-electron chi connectivity index (χ4n) is 3.35. The minimum atomic E-state index is -0.203. The van der Waals surface area contributed by atoms with Gasteiger partial charge in [0.2, 0.25) is 5.91 Å². The summed E-state index contributed by atoms with van der Waals surface area (Å²) in [5.74, 6) is 1.48. The second-order valence-electron chi connectivity index (χ2n) is 7.23. The number of aliphatic imine (C=N–C) groups is 1. The molecular formula is C21H36N6O3. The van der Waals surface area contributed by atoms with E-state index in [0.717, 1.165) is 62.8 Å². The highest BCUT2D eigenvalue weighted by Crippen LogP contribution is 2.24. The molecule has 9 nitrogen and oxygen atoms in total. The van der Waals surface area contributed by atoms with Gasteiger partial charge in [0, 0.05) is 57.6 Å². The molecule has 0 bridgehead atoms. The van der Waals surface area contributed by atoms with Gasteiger partial charge in [-0.15, -0.1) is 0 Å². The highest BCUT2D eigenvalue weighted by Gasteiger charge is 2.24. The number of carbonyl (C=O) groups is 1. The Bertz CT molecular complexity index is 662. The molecule has 0 saturated carbocycles. The van der Waals surface area contributed by atoms with Crippen molar-refractivity contribution in [1.29, 1.82) is 0 Å². The molecule has 9 heteroatoms. The van der Waals surface area contributed by atoms with Crippen LogP contribution in [0.1, 0.15) is 31.7 Å². The van der Waals surface area contributed by atoms with Crippen LogP contribution in [-0.2, 0) is 20.8 Å². The zero-order valence-electron chi connectivity index (χ0n) is 18.2.